The van der Waals surface area contributed by atoms with E-state index in [0.29, 0.717) is 5.02 Å². The summed E-state index contributed by atoms with van der Waals surface area (Å²) in [4.78, 5) is 20.2. The predicted octanol–water partition coefficient (Wildman–Crippen LogP) is 3.02. The van der Waals surface area contributed by atoms with E-state index in [9.17, 15) is 13.6 Å². The minimum Gasteiger partial charge on any atom is -0.385 e. The Labute approximate surface area is 153 Å². The molecule has 0 spiro atoms. The molecular formula is C17H15ClF2N4O2. The van der Waals surface area contributed by atoms with Gasteiger partial charge < -0.3 is 15.8 Å². The zero-order chi connectivity index (χ0) is 18.9. The smallest absolute Gasteiger partial charge is 0.274 e. The van der Waals surface area contributed by atoms with Gasteiger partial charge in [-0.25, -0.2) is 13.8 Å². The molecule has 0 saturated carbocycles. The van der Waals surface area contributed by atoms with Crippen LogP contribution in [0.5, 0.6) is 0 Å². The number of carbonyl (C=O) groups excluding carboxylic acids is 1. The lowest BCUT2D eigenvalue weighted by molar-refractivity contribution is -0.0805. The summed E-state index contributed by atoms with van der Waals surface area (Å²) in [7, 11) is 0. The number of alkyl halides is 1. The maximum Gasteiger partial charge on any atom is 0.274 e. The van der Waals surface area contributed by atoms with Gasteiger partial charge in [0.1, 0.15) is 29.5 Å². The fourth-order valence-electron chi connectivity index (χ4n) is 2.58. The number of hydrogen-bond donors (Lipinski definition) is 2. The summed E-state index contributed by atoms with van der Waals surface area (Å²) in [5, 5.41) is 2.96. The van der Waals surface area contributed by atoms with Crippen molar-refractivity contribution in [1.29, 1.82) is 0 Å². The van der Waals surface area contributed by atoms with Gasteiger partial charge in [-0.15, -0.1) is 0 Å². The molecule has 3 rings (SSSR count). The quantitative estimate of drug-likeness (QED) is 0.856. The van der Waals surface area contributed by atoms with Gasteiger partial charge in [0.05, 0.1) is 5.02 Å². The van der Waals surface area contributed by atoms with Crippen molar-refractivity contribution in [1.82, 2.24) is 4.98 Å². The molecule has 1 aromatic carbocycles. The van der Waals surface area contributed by atoms with E-state index in [1.807, 2.05) is 0 Å². The number of aromatic nitrogens is 1. The van der Waals surface area contributed by atoms with E-state index in [1.54, 1.807) is 0 Å². The Morgan fingerprint density at radius 3 is 2.88 bits per heavy atom. The first-order chi connectivity index (χ1) is 12.3. The number of nitrogens with two attached hydrogens (primary N) is 1. The molecular weight excluding hydrogens is 366 g/mol. The van der Waals surface area contributed by atoms with Crippen LogP contribution in [0.25, 0.3) is 0 Å². The van der Waals surface area contributed by atoms with E-state index in [-0.39, 0.29) is 29.4 Å². The molecule has 0 fully saturated rings. The molecule has 9 heteroatoms. The van der Waals surface area contributed by atoms with E-state index in [4.69, 9.17) is 22.1 Å². The van der Waals surface area contributed by atoms with Crippen molar-refractivity contribution in [2.24, 2.45) is 10.7 Å². The van der Waals surface area contributed by atoms with E-state index in [2.05, 4.69) is 15.3 Å². The average Bonchev–Trinajstić information content (AvgIpc) is 2.60. The molecule has 1 aliphatic rings. The normalized spacial score (nSPS) is 22.6. The number of halogens is 3. The van der Waals surface area contributed by atoms with E-state index in [1.165, 1.54) is 37.4 Å². The summed E-state index contributed by atoms with van der Waals surface area (Å²) in [5.41, 5.74) is 4.23. The molecule has 2 heterocycles. The molecule has 2 atom stereocenters. The van der Waals surface area contributed by atoms with Crippen molar-refractivity contribution in [3.8, 4) is 0 Å². The SMILES string of the molecule is C[C@]1(c2cc(NC(=O)c3ccc(Cl)cn3)ccc2F)N=C(N)CO[C@@H]1F. The van der Waals surface area contributed by atoms with Crippen LogP contribution in [0.3, 0.4) is 0 Å². The Bertz CT molecular complexity index is 876. The fraction of sp³-hybridized carbons (Fsp3) is 0.235. The van der Waals surface area contributed by atoms with Gasteiger partial charge in [0.25, 0.3) is 5.91 Å². The van der Waals surface area contributed by atoms with Crippen molar-refractivity contribution in [3.63, 3.8) is 0 Å². The number of pyridine rings is 1. The Balaban J connectivity index is 1.92. The zero-order valence-corrected chi connectivity index (χ0v) is 14.4. The number of anilines is 1. The van der Waals surface area contributed by atoms with E-state index >= 15 is 0 Å². The third-order valence-electron chi connectivity index (χ3n) is 3.92. The van der Waals surface area contributed by atoms with Crippen molar-refractivity contribution >= 4 is 29.0 Å². The van der Waals surface area contributed by atoms with Gasteiger partial charge >= 0.3 is 0 Å². The Kier molecular flexibility index (Phi) is 4.88. The van der Waals surface area contributed by atoms with Gasteiger partial charge in [-0.1, -0.05) is 11.6 Å². The predicted molar refractivity (Wildman–Crippen MR) is 93.4 cm³/mol. The summed E-state index contributed by atoms with van der Waals surface area (Å²) in [6.07, 6.45) is -0.550. The third kappa shape index (κ3) is 3.51. The largest absolute Gasteiger partial charge is 0.385 e. The number of amidine groups is 1. The standard InChI is InChI=1S/C17H15ClF2N4O2/c1-17(16(20)26-8-14(21)24-17)11-6-10(3-4-12(11)19)23-15(25)13-5-2-9(18)7-22-13/h2-7,16H,8H2,1H3,(H2,21,24)(H,23,25)/t16-,17+/m0/s1. The highest BCUT2D eigenvalue weighted by Crippen LogP contribution is 2.37. The van der Waals surface area contributed by atoms with Crippen LogP contribution in [0.4, 0.5) is 14.5 Å². The molecule has 136 valence electrons. The third-order valence-corrected chi connectivity index (χ3v) is 4.15. The molecule has 0 unspecified atom stereocenters. The summed E-state index contributed by atoms with van der Waals surface area (Å²) in [6, 6.07) is 6.71. The molecule has 1 amide bonds. The van der Waals surface area contributed by atoms with Crippen LogP contribution in [0, 0.1) is 5.82 Å². The summed E-state index contributed by atoms with van der Waals surface area (Å²) < 4.78 is 33.6. The highest BCUT2D eigenvalue weighted by atomic mass is 35.5. The Hall–Kier alpha value is -2.58. The van der Waals surface area contributed by atoms with Crippen LogP contribution in [0.2, 0.25) is 5.02 Å². The highest BCUT2D eigenvalue weighted by Gasteiger charge is 2.42. The summed E-state index contributed by atoms with van der Waals surface area (Å²) >= 11 is 5.74. The second-order valence-corrected chi connectivity index (χ2v) is 6.32. The van der Waals surface area contributed by atoms with Crippen LogP contribution >= 0.6 is 11.6 Å². The van der Waals surface area contributed by atoms with Crippen molar-refractivity contribution < 1.29 is 18.3 Å². The lowest BCUT2D eigenvalue weighted by Crippen LogP contribution is -2.43. The minimum atomic E-state index is -1.88. The molecule has 3 N–H and O–H groups in total. The average molecular weight is 381 g/mol. The van der Waals surface area contributed by atoms with Crippen molar-refractivity contribution in [2.45, 2.75) is 18.8 Å². The van der Waals surface area contributed by atoms with Crippen LogP contribution in [0.1, 0.15) is 23.0 Å². The molecule has 0 aliphatic carbocycles. The summed E-state index contributed by atoms with van der Waals surface area (Å²) in [6.45, 7) is 1.20. The van der Waals surface area contributed by atoms with Gasteiger partial charge in [-0.05, 0) is 37.3 Å². The second kappa shape index (κ2) is 6.97. The lowest BCUT2D eigenvalue weighted by atomic mass is 9.90. The summed E-state index contributed by atoms with van der Waals surface area (Å²) in [5.74, 6) is -1.16. The number of nitrogens with one attached hydrogen (secondary N) is 1. The first kappa shape index (κ1) is 18.2. The number of benzene rings is 1. The number of nitrogens with zero attached hydrogens (tertiary/aromatic N) is 2. The highest BCUT2D eigenvalue weighted by molar-refractivity contribution is 6.30. The van der Waals surface area contributed by atoms with Gasteiger partial charge in [-0.2, -0.15) is 0 Å². The Morgan fingerprint density at radius 2 is 2.19 bits per heavy atom. The van der Waals surface area contributed by atoms with Gasteiger partial charge in [0.2, 0.25) is 6.36 Å². The Morgan fingerprint density at radius 1 is 1.42 bits per heavy atom. The first-order valence-electron chi connectivity index (χ1n) is 7.62. The molecule has 0 bridgehead atoms. The second-order valence-electron chi connectivity index (χ2n) is 5.89. The maximum atomic E-state index is 14.3. The topological polar surface area (TPSA) is 89.6 Å². The number of carbonyl (C=O) groups is 1. The van der Waals surface area contributed by atoms with E-state index < -0.39 is 23.6 Å². The van der Waals surface area contributed by atoms with Gasteiger partial charge in [0.15, 0.2) is 0 Å². The molecule has 0 saturated heterocycles. The monoisotopic (exact) mass is 380 g/mol. The van der Waals surface area contributed by atoms with Crippen LogP contribution in [0.15, 0.2) is 41.5 Å². The molecule has 26 heavy (non-hydrogen) atoms. The van der Waals surface area contributed by atoms with E-state index in [0.717, 1.165) is 6.07 Å². The van der Waals surface area contributed by atoms with Crippen molar-refractivity contribution in [2.75, 3.05) is 11.9 Å². The number of ether oxygens (including phenoxy) is 1. The van der Waals surface area contributed by atoms with Crippen LogP contribution < -0.4 is 11.1 Å². The molecule has 0 radical (unpaired) electrons. The van der Waals surface area contributed by atoms with Crippen LogP contribution in [-0.2, 0) is 10.3 Å². The number of rotatable bonds is 3. The fourth-order valence-corrected chi connectivity index (χ4v) is 2.69. The van der Waals surface area contributed by atoms with Crippen LogP contribution in [-0.4, -0.2) is 29.7 Å². The minimum absolute atomic E-state index is 0.0561. The van der Waals surface area contributed by atoms with Gasteiger partial charge in [-0.3, -0.25) is 9.79 Å². The maximum absolute atomic E-state index is 14.3. The van der Waals surface area contributed by atoms with Crippen molar-refractivity contribution in [3.05, 3.63) is 58.6 Å². The first-order valence-corrected chi connectivity index (χ1v) is 8.00. The lowest BCUT2D eigenvalue weighted by Gasteiger charge is -2.33. The molecule has 1 aromatic heterocycles. The zero-order valence-electron chi connectivity index (χ0n) is 13.7. The molecule has 2 aromatic rings. The molecule has 1 aliphatic heterocycles. The number of amides is 1. The number of hydrogen-bond acceptors (Lipinski definition) is 5. The van der Waals surface area contributed by atoms with Gasteiger partial charge in [0, 0.05) is 17.4 Å². The number of aliphatic imine (C=N–C) groups is 1. The molecule has 6 nitrogen and oxygen atoms in total.